The summed E-state index contributed by atoms with van der Waals surface area (Å²) < 4.78 is 0. The summed E-state index contributed by atoms with van der Waals surface area (Å²) in [5.74, 6) is 3.23. The van der Waals surface area contributed by atoms with Crippen molar-refractivity contribution in [1.29, 1.82) is 0 Å². The van der Waals surface area contributed by atoms with Gasteiger partial charge in [-0.3, -0.25) is 4.90 Å². The van der Waals surface area contributed by atoms with Gasteiger partial charge in [0.25, 0.3) is 0 Å². The van der Waals surface area contributed by atoms with Crippen LogP contribution in [0.1, 0.15) is 58.3 Å². The molecule has 0 radical (unpaired) electrons. The van der Waals surface area contributed by atoms with Gasteiger partial charge in [-0.15, -0.1) is 0 Å². The molecule has 0 aromatic rings. The molecule has 4 fully saturated rings. The molecule has 1 saturated heterocycles. The van der Waals surface area contributed by atoms with Crippen LogP contribution in [0, 0.1) is 17.8 Å². The minimum absolute atomic E-state index is 0.504. The fraction of sp³-hybridized carbons (Fsp3) is 1.00. The smallest absolute Gasteiger partial charge is 0.0309 e. The van der Waals surface area contributed by atoms with E-state index in [1.165, 1.54) is 45.3 Å². The maximum absolute atomic E-state index is 3.89. The zero-order valence-electron chi connectivity index (χ0n) is 12.5. The monoisotopic (exact) mass is 262 g/mol. The Morgan fingerprint density at radius 3 is 2.68 bits per heavy atom. The van der Waals surface area contributed by atoms with Crippen LogP contribution < -0.4 is 5.32 Å². The topological polar surface area (TPSA) is 15.3 Å². The average molecular weight is 262 g/mol. The number of fused-ring (bicyclic) bond motifs is 2. The van der Waals surface area contributed by atoms with Gasteiger partial charge in [-0.2, -0.15) is 0 Å². The average Bonchev–Trinajstić information content (AvgIpc) is 3.11. The van der Waals surface area contributed by atoms with Crippen molar-refractivity contribution in [3.8, 4) is 0 Å². The standard InChI is InChI=1S/C17H30N2/c1-13-10-18-17(6-2-3-7-17)12-19(13)11-16-9-14-4-5-15(16)8-14/h13-16,18H,2-12H2,1H3. The summed E-state index contributed by atoms with van der Waals surface area (Å²) in [5.41, 5.74) is 0.504. The van der Waals surface area contributed by atoms with Crippen LogP contribution in [0.3, 0.4) is 0 Å². The van der Waals surface area contributed by atoms with Gasteiger partial charge in [0, 0.05) is 31.2 Å². The van der Waals surface area contributed by atoms with E-state index in [2.05, 4.69) is 17.1 Å². The lowest BCUT2D eigenvalue weighted by Crippen LogP contribution is -2.63. The highest BCUT2D eigenvalue weighted by atomic mass is 15.3. The first-order valence-electron chi connectivity index (χ1n) is 8.73. The molecule has 3 aliphatic carbocycles. The molecule has 19 heavy (non-hydrogen) atoms. The number of hydrogen-bond acceptors (Lipinski definition) is 2. The first-order chi connectivity index (χ1) is 9.24. The largest absolute Gasteiger partial charge is 0.308 e. The minimum Gasteiger partial charge on any atom is -0.308 e. The Hall–Kier alpha value is -0.0800. The van der Waals surface area contributed by atoms with E-state index in [1.807, 2.05) is 0 Å². The Morgan fingerprint density at radius 1 is 1.16 bits per heavy atom. The molecular weight excluding hydrogens is 232 g/mol. The lowest BCUT2D eigenvalue weighted by molar-refractivity contribution is 0.0644. The number of nitrogens with zero attached hydrogens (tertiary/aromatic N) is 1. The molecular formula is C17H30N2. The summed E-state index contributed by atoms with van der Waals surface area (Å²) in [5, 5.41) is 3.89. The lowest BCUT2D eigenvalue weighted by atomic mass is 9.86. The highest BCUT2D eigenvalue weighted by Crippen LogP contribution is 2.49. The Morgan fingerprint density at radius 2 is 2.00 bits per heavy atom. The summed E-state index contributed by atoms with van der Waals surface area (Å²) in [4.78, 5) is 2.85. The Labute approximate surface area is 118 Å². The number of rotatable bonds is 2. The van der Waals surface area contributed by atoms with E-state index in [4.69, 9.17) is 0 Å². The molecule has 0 aromatic carbocycles. The van der Waals surface area contributed by atoms with Crippen molar-refractivity contribution >= 4 is 0 Å². The first-order valence-corrected chi connectivity index (χ1v) is 8.73. The lowest BCUT2D eigenvalue weighted by Gasteiger charge is -2.46. The second-order valence-corrected chi connectivity index (χ2v) is 8.08. The number of piperazine rings is 1. The van der Waals surface area contributed by atoms with Crippen molar-refractivity contribution < 1.29 is 0 Å². The van der Waals surface area contributed by atoms with E-state index in [0.717, 1.165) is 23.8 Å². The zero-order chi connectivity index (χ0) is 12.9. The third kappa shape index (κ3) is 2.25. The van der Waals surface area contributed by atoms with Crippen LogP contribution in [-0.4, -0.2) is 36.1 Å². The fourth-order valence-electron chi connectivity index (χ4n) is 5.63. The van der Waals surface area contributed by atoms with Crippen molar-refractivity contribution in [2.45, 2.75) is 69.9 Å². The summed E-state index contributed by atoms with van der Waals surface area (Å²) in [6, 6.07) is 0.755. The van der Waals surface area contributed by atoms with Gasteiger partial charge < -0.3 is 5.32 Å². The first kappa shape index (κ1) is 12.6. The normalized spacial score (nSPS) is 45.3. The minimum atomic E-state index is 0.504. The molecule has 4 unspecified atom stereocenters. The predicted molar refractivity (Wildman–Crippen MR) is 79.2 cm³/mol. The molecule has 3 saturated carbocycles. The van der Waals surface area contributed by atoms with Gasteiger partial charge in [0.05, 0.1) is 0 Å². The molecule has 4 aliphatic rings. The van der Waals surface area contributed by atoms with Gasteiger partial charge in [-0.1, -0.05) is 19.3 Å². The highest BCUT2D eigenvalue weighted by molar-refractivity contribution is 5.01. The van der Waals surface area contributed by atoms with Crippen LogP contribution in [-0.2, 0) is 0 Å². The van der Waals surface area contributed by atoms with Crippen LogP contribution in [0.5, 0.6) is 0 Å². The molecule has 1 spiro atoms. The predicted octanol–water partition coefficient (Wildman–Crippen LogP) is 3.03. The molecule has 0 amide bonds. The van der Waals surface area contributed by atoms with Crippen molar-refractivity contribution in [2.24, 2.45) is 17.8 Å². The van der Waals surface area contributed by atoms with Gasteiger partial charge in [-0.25, -0.2) is 0 Å². The molecule has 4 atom stereocenters. The molecule has 1 N–H and O–H groups in total. The number of nitrogens with one attached hydrogen (secondary N) is 1. The molecule has 2 nitrogen and oxygen atoms in total. The van der Waals surface area contributed by atoms with Crippen LogP contribution in [0.2, 0.25) is 0 Å². The molecule has 2 bridgehead atoms. The summed E-state index contributed by atoms with van der Waals surface area (Å²) >= 11 is 0. The van der Waals surface area contributed by atoms with Crippen LogP contribution in [0.4, 0.5) is 0 Å². The summed E-state index contributed by atoms with van der Waals surface area (Å²) in [7, 11) is 0. The third-order valence-electron chi connectivity index (χ3n) is 6.82. The SMILES string of the molecule is CC1CNC2(CCCC2)CN1CC1CC2CCC1C2. The molecule has 2 heteroatoms. The number of hydrogen-bond donors (Lipinski definition) is 1. The van der Waals surface area contributed by atoms with Crippen LogP contribution in [0.15, 0.2) is 0 Å². The Balaban J connectivity index is 1.41. The van der Waals surface area contributed by atoms with Gasteiger partial charge in [0.15, 0.2) is 0 Å². The van der Waals surface area contributed by atoms with E-state index < -0.39 is 0 Å². The van der Waals surface area contributed by atoms with Gasteiger partial charge in [0.2, 0.25) is 0 Å². The third-order valence-corrected chi connectivity index (χ3v) is 6.82. The Kier molecular flexibility index (Phi) is 3.15. The van der Waals surface area contributed by atoms with E-state index in [-0.39, 0.29) is 0 Å². The molecule has 1 aliphatic heterocycles. The van der Waals surface area contributed by atoms with E-state index in [1.54, 1.807) is 25.7 Å². The van der Waals surface area contributed by atoms with Gasteiger partial charge in [0.1, 0.15) is 0 Å². The van der Waals surface area contributed by atoms with Crippen molar-refractivity contribution in [3.63, 3.8) is 0 Å². The molecule has 1 heterocycles. The maximum atomic E-state index is 3.89. The van der Waals surface area contributed by atoms with Gasteiger partial charge in [-0.05, 0) is 56.8 Å². The molecule has 0 aromatic heterocycles. The van der Waals surface area contributed by atoms with Crippen molar-refractivity contribution in [2.75, 3.05) is 19.6 Å². The van der Waals surface area contributed by atoms with E-state index >= 15 is 0 Å². The van der Waals surface area contributed by atoms with E-state index in [0.29, 0.717) is 5.54 Å². The quantitative estimate of drug-likeness (QED) is 0.823. The van der Waals surface area contributed by atoms with E-state index in [9.17, 15) is 0 Å². The summed E-state index contributed by atoms with van der Waals surface area (Å²) in [6.45, 7) is 6.40. The Bertz CT molecular complexity index is 334. The van der Waals surface area contributed by atoms with Crippen molar-refractivity contribution in [1.82, 2.24) is 10.2 Å². The fourth-order valence-corrected chi connectivity index (χ4v) is 5.63. The zero-order valence-corrected chi connectivity index (χ0v) is 12.5. The van der Waals surface area contributed by atoms with Crippen LogP contribution in [0.25, 0.3) is 0 Å². The van der Waals surface area contributed by atoms with Crippen LogP contribution >= 0.6 is 0 Å². The van der Waals surface area contributed by atoms with Crippen molar-refractivity contribution in [3.05, 3.63) is 0 Å². The van der Waals surface area contributed by atoms with Gasteiger partial charge >= 0.3 is 0 Å². The molecule has 108 valence electrons. The molecule has 4 rings (SSSR count). The second-order valence-electron chi connectivity index (χ2n) is 8.08. The summed E-state index contributed by atoms with van der Waals surface area (Å²) in [6.07, 6.45) is 11.9. The maximum Gasteiger partial charge on any atom is 0.0309 e. The highest BCUT2D eigenvalue weighted by Gasteiger charge is 2.44. The second kappa shape index (κ2) is 4.73.